The van der Waals surface area contributed by atoms with E-state index in [1.807, 2.05) is 20.8 Å². The minimum Gasteiger partial charge on any atom is -0.455 e. The van der Waals surface area contributed by atoms with Crippen molar-refractivity contribution >= 4 is 41.0 Å². The van der Waals surface area contributed by atoms with Crippen LogP contribution in [0.5, 0.6) is 0 Å². The van der Waals surface area contributed by atoms with Crippen molar-refractivity contribution in [2.75, 3.05) is 20.2 Å². The smallest absolute Gasteiger partial charge is 0.310 e. The standard InChI is InChI=1S/C17H22Cl2N2O4/c1-17(2,3)20-14(22)9-21(4)15(23)10-25-16(24)8-11-5-6-12(18)13(19)7-11/h5-7H,8-10H2,1-4H3,(H,20,22). The monoisotopic (exact) mass is 388 g/mol. The Hall–Kier alpha value is -1.79. The number of esters is 1. The normalized spacial score (nSPS) is 11.0. The molecule has 0 unspecified atom stereocenters. The Kier molecular flexibility index (Phi) is 7.70. The maximum Gasteiger partial charge on any atom is 0.310 e. The van der Waals surface area contributed by atoms with E-state index in [2.05, 4.69) is 5.32 Å². The molecule has 0 atom stereocenters. The van der Waals surface area contributed by atoms with E-state index in [4.69, 9.17) is 27.9 Å². The molecule has 0 spiro atoms. The zero-order valence-corrected chi connectivity index (χ0v) is 16.2. The molecule has 138 valence electrons. The summed E-state index contributed by atoms with van der Waals surface area (Å²) in [6.07, 6.45) is -0.0294. The number of hydrogen-bond donors (Lipinski definition) is 1. The zero-order chi connectivity index (χ0) is 19.2. The number of nitrogens with zero attached hydrogens (tertiary/aromatic N) is 1. The summed E-state index contributed by atoms with van der Waals surface area (Å²) in [6.45, 7) is 4.99. The van der Waals surface area contributed by atoms with Gasteiger partial charge in [0, 0.05) is 12.6 Å². The van der Waals surface area contributed by atoms with Crippen molar-refractivity contribution < 1.29 is 19.1 Å². The Morgan fingerprint density at radius 2 is 1.80 bits per heavy atom. The quantitative estimate of drug-likeness (QED) is 0.759. The summed E-state index contributed by atoms with van der Waals surface area (Å²) in [5.74, 6) is -1.32. The number of carbonyl (C=O) groups excluding carboxylic acids is 3. The molecule has 1 aromatic carbocycles. The summed E-state index contributed by atoms with van der Waals surface area (Å²) in [6, 6.07) is 4.80. The Morgan fingerprint density at radius 1 is 1.16 bits per heavy atom. The number of rotatable bonds is 6. The van der Waals surface area contributed by atoms with Crippen molar-refractivity contribution in [2.45, 2.75) is 32.7 Å². The molecule has 0 aliphatic carbocycles. The predicted molar refractivity (Wildman–Crippen MR) is 96.7 cm³/mol. The highest BCUT2D eigenvalue weighted by Gasteiger charge is 2.18. The fourth-order valence-electron chi connectivity index (χ4n) is 1.88. The summed E-state index contributed by atoms with van der Waals surface area (Å²) in [5.41, 5.74) is 0.248. The van der Waals surface area contributed by atoms with Crippen LogP contribution < -0.4 is 5.32 Å². The van der Waals surface area contributed by atoms with Gasteiger partial charge in [0.2, 0.25) is 5.91 Å². The highest BCUT2D eigenvalue weighted by atomic mass is 35.5. The molecule has 0 bridgehead atoms. The first-order chi connectivity index (χ1) is 11.5. The first-order valence-corrected chi connectivity index (χ1v) is 8.38. The molecule has 0 saturated carbocycles. The predicted octanol–water partition coefficient (Wildman–Crippen LogP) is 2.45. The second-order valence-electron chi connectivity index (χ2n) is 6.63. The van der Waals surface area contributed by atoms with Crippen molar-refractivity contribution in [3.05, 3.63) is 33.8 Å². The van der Waals surface area contributed by atoms with E-state index in [0.29, 0.717) is 15.6 Å². The fourth-order valence-corrected chi connectivity index (χ4v) is 2.20. The lowest BCUT2D eigenvalue weighted by atomic mass is 10.1. The van der Waals surface area contributed by atoms with Crippen molar-refractivity contribution in [3.63, 3.8) is 0 Å². The summed E-state index contributed by atoms with van der Waals surface area (Å²) < 4.78 is 4.94. The minimum absolute atomic E-state index is 0.0294. The lowest BCUT2D eigenvalue weighted by Gasteiger charge is -2.23. The van der Waals surface area contributed by atoms with Crippen molar-refractivity contribution in [1.82, 2.24) is 10.2 Å². The highest BCUT2D eigenvalue weighted by molar-refractivity contribution is 6.42. The number of carbonyl (C=O) groups is 3. The minimum atomic E-state index is -0.570. The number of likely N-dealkylation sites (N-methyl/N-ethyl adjacent to an activating group) is 1. The molecule has 0 aliphatic rings. The molecule has 0 radical (unpaired) electrons. The molecule has 0 saturated heterocycles. The molecule has 1 aromatic rings. The van der Waals surface area contributed by atoms with E-state index in [-0.39, 0.29) is 24.4 Å². The molecule has 2 amide bonds. The Bertz CT molecular complexity index is 657. The summed E-state index contributed by atoms with van der Waals surface area (Å²) in [7, 11) is 1.47. The van der Waals surface area contributed by atoms with Gasteiger partial charge in [-0.25, -0.2) is 0 Å². The molecule has 6 nitrogen and oxygen atoms in total. The molecular formula is C17H22Cl2N2O4. The Balaban J connectivity index is 2.42. The van der Waals surface area contributed by atoms with E-state index in [9.17, 15) is 14.4 Å². The Morgan fingerprint density at radius 3 is 2.36 bits per heavy atom. The van der Waals surface area contributed by atoms with Gasteiger partial charge in [0.1, 0.15) is 0 Å². The topological polar surface area (TPSA) is 75.7 Å². The average molecular weight is 389 g/mol. The van der Waals surface area contributed by atoms with Crippen LogP contribution in [0.4, 0.5) is 0 Å². The molecule has 0 aliphatic heterocycles. The third-order valence-corrected chi connectivity index (χ3v) is 3.75. The van der Waals surface area contributed by atoms with Gasteiger partial charge < -0.3 is 15.0 Å². The molecule has 0 aromatic heterocycles. The number of nitrogens with one attached hydrogen (secondary N) is 1. The Labute approximate surface area is 157 Å². The fraction of sp³-hybridized carbons (Fsp3) is 0.471. The van der Waals surface area contributed by atoms with Gasteiger partial charge >= 0.3 is 5.97 Å². The number of hydrogen-bond acceptors (Lipinski definition) is 4. The van der Waals surface area contributed by atoms with Gasteiger partial charge in [-0.1, -0.05) is 29.3 Å². The van der Waals surface area contributed by atoms with Crippen LogP contribution >= 0.6 is 23.2 Å². The van der Waals surface area contributed by atoms with E-state index in [1.54, 1.807) is 18.2 Å². The second kappa shape index (κ2) is 9.06. The first-order valence-electron chi connectivity index (χ1n) is 7.62. The van der Waals surface area contributed by atoms with E-state index >= 15 is 0 Å². The second-order valence-corrected chi connectivity index (χ2v) is 7.45. The first kappa shape index (κ1) is 21.3. The number of amides is 2. The lowest BCUT2D eigenvalue weighted by Crippen LogP contribution is -2.46. The molecule has 0 heterocycles. The van der Waals surface area contributed by atoms with Gasteiger partial charge in [-0.2, -0.15) is 0 Å². The summed E-state index contributed by atoms with van der Waals surface area (Å²) in [4.78, 5) is 36.7. The molecule has 1 rings (SSSR count). The van der Waals surface area contributed by atoms with E-state index in [0.717, 1.165) is 0 Å². The molecular weight excluding hydrogens is 367 g/mol. The SMILES string of the molecule is CN(CC(=O)NC(C)(C)C)C(=O)COC(=O)Cc1ccc(Cl)c(Cl)c1. The summed E-state index contributed by atoms with van der Waals surface area (Å²) in [5, 5.41) is 3.48. The van der Waals surface area contributed by atoms with Gasteiger partial charge in [0.25, 0.3) is 5.91 Å². The van der Waals surface area contributed by atoms with E-state index < -0.39 is 18.5 Å². The van der Waals surface area contributed by atoms with Crippen LogP contribution in [0, 0.1) is 0 Å². The number of halogens is 2. The van der Waals surface area contributed by atoms with Crippen LogP contribution in [0.3, 0.4) is 0 Å². The highest BCUT2D eigenvalue weighted by Crippen LogP contribution is 2.22. The maximum atomic E-state index is 11.9. The van der Waals surface area contributed by atoms with Crippen LogP contribution in [0.1, 0.15) is 26.3 Å². The maximum absolute atomic E-state index is 11.9. The van der Waals surface area contributed by atoms with Crippen LogP contribution in [-0.2, 0) is 25.5 Å². The molecule has 0 fully saturated rings. The van der Waals surface area contributed by atoms with E-state index in [1.165, 1.54) is 11.9 Å². The third kappa shape index (κ3) is 8.23. The number of ether oxygens (including phenoxy) is 1. The zero-order valence-electron chi connectivity index (χ0n) is 14.7. The van der Waals surface area contributed by atoms with Gasteiger partial charge in [-0.05, 0) is 38.5 Å². The summed E-state index contributed by atoms with van der Waals surface area (Å²) >= 11 is 11.7. The van der Waals surface area contributed by atoms with Gasteiger partial charge in [0.15, 0.2) is 6.61 Å². The lowest BCUT2D eigenvalue weighted by molar-refractivity contribution is -0.151. The molecule has 8 heteroatoms. The van der Waals surface area contributed by atoms with Crippen LogP contribution in [0.15, 0.2) is 18.2 Å². The van der Waals surface area contributed by atoms with Crippen LogP contribution in [0.2, 0.25) is 10.0 Å². The molecule has 1 N–H and O–H groups in total. The van der Waals surface area contributed by atoms with Crippen LogP contribution in [0.25, 0.3) is 0 Å². The molecule has 25 heavy (non-hydrogen) atoms. The van der Waals surface area contributed by atoms with Crippen LogP contribution in [-0.4, -0.2) is 48.4 Å². The van der Waals surface area contributed by atoms with Gasteiger partial charge in [-0.3, -0.25) is 14.4 Å². The van der Waals surface area contributed by atoms with Gasteiger partial charge in [-0.15, -0.1) is 0 Å². The number of benzene rings is 1. The average Bonchev–Trinajstić information content (AvgIpc) is 2.46. The van der Waals surface area contributed by atoms with Crippen molar-refractivity contribution in [1.29, 1.82) is 0 Å². The van der Waals surface area contributed by atoms with Crippen molar-refractivity contribution in [2.24, 2.45) is 0 Å². The van der Waals surface area contributed by atoms with Gasteiger partial charge in [0.05, 0.1) is 23.0 Å². The third-order valence-electron chi connectivity index (χ3n) is 3.01. The largest absolute Gasteiger partial charge is 0.455 e. The van der Waals surface area contributed by atoms with Crippen molar-refractivity contribution in [3.8, 4) is 0 Å².